The molecule has 0 saturated carbocycles. The fraction of sp³-hybridized carbons (Fsp3) is 0.167. The quantitative estimate of drug-likeness (QED) is 0.921. The summed E-state index contributed by atoms with van der Waals surface area (Å²) in [5.41, 5.74) is 0. The second kappa shape index (κ2) is 5.55. The van der Waals surface area contributed by atoms with Crippen LogP contribution < -0.4 is 14.8 Å². The van der Waals surface area contributed by atoms with Crippen molar-refractivity contribution >= 4 is 17.5 Å². The first-order chi connectivity index (χ1) is 8.74. The van der Waals surface area contributed by atoms with Crippen molar-refractivity contribution in [2.75, 3.05) is 19.5 Å². The van der Waals surface area contributed by atoms with E-state index in [2.05, 4.69) is 15.3 Å². The third kappa shape index (κ3) is 2.62. The van der Waals surface area contributed by atoms with E-state index in [1.165, 1.54) is 6.20 Å². The van der Waals surface area contributed by atoms with Gasteiger partial charge in [0, 0.05) is 7.05 Å². The maximum Gasteiger partial charge on any atom is 0.243 e. The minimum absolute atomic E-state index is 0.278. The second-order valence-corrected chi connectivity index (χ2v) is 3.76. The van der Waals surface area contributed by atoms with Gasteiger partial charge in [-0.2, -0.15) is 4.98 Å². The van der Waals surface area contributed by atoms with Gasteiger partial charge < -0.3 is 14.8 Å². The lowest BCUT2D eigenvalue weighted by Crippen LogP contribution is -1.99. The third-order valence-electron chi connectivity index (χ3n) is 2.21. The number of hydrogen-bond donors (Lipinski definition) is 1. The van der Waals surface area contributed by atoms with Crippen LogP contribution >= 0.6 is 11.6 Å². The standard InChI is InChI=1S/C12H12ClN3O2/c1-14-12-15-7-8(13)11(16-12)18-10-6-4-3-5-9(10)17-2/h3-7H,1-2H3,(H,14,15,16). The number of ether oxygens (including phenoxy) is 2. The highest BCUT2D eigenvalue weighted by molar-refractivity contribution is 6.31. The fourth-order valence-corrected chi connectivity index (χ4v) is 1.48. The van der Waals surface area contributed by atoms with Crippen molar-refractivity contribution in [2.45, 2.75) is 0 Å². The van der Waals surface area contributed by atoms with Crippen molar-refractivity contribution in [2.24, 2.45) is 0 Å². The highest BCUT2D eigenvalue weighted by Crippen LogP contribution is 2.33. The number of aromatic nitrogens is 2. The molecule has 2 rings (SSSR count). The number of anilines is 1. The van der Waals surface area contributed by atoms with Gasteiger partial charge in [0.1, 0.15) is 5.02 Å². The van der Waals surface area contributed by atoms with Gasteiger partial charge in [-0.1, -0.05) is 23.7 Å². The van der Waals surface area contributed by atoms with Gasteiger partial charge in [-0.3, -0.25) is 0 Å². The first-order valence-electron chi connectivity index (χ1n) is 5.25. The summed E-state index contributed by atoms with van der Waals surface area (Å²) in [6.07, 6.45) is 1.48. The SMILES string of the molecule is CNc1ncc(Cl)c(Oc2ccccc2OC)n1. The second-order valence-electron chi connectivity index (χ2n) is 3.35. The molecular weight excluding hydrogens is 254 g/mol. The molecule has 2 aromatic rings. The zero-order chi connectivity index (χ0) is 13.0. The fourth-order valence-electron chi connectivity index (χ4n) is 1.35. The molecule has 0 aliphatic carbocycles. The molecule has 0 aliphatic heterocycles. The molecule has 0 unspecified atom stereocenters. The van der Waals surface area contributed by atoms with E-state index in [1.54, 1.807) is 26.3 Å². The molecule has 1 aromatic carbocycles. The van der Waals surface area contributed by atoms with Crippen molar-refractivity contribution in [3.05, 3.63) is 35.5 Å². The van der Waals surface area contributed by atoms with Crippen LogP contribution in [0.25, 0.3) is 0 Å². The lowest BCUT2D eigenvalue weighted by atomic mass is 10.3. The Kier molecular flexibility index (Phi) is 3.84. The molecular formula is C12H12ClN3O2. The Morgan fingerprint density at radius 2 is 1.94 bits per heavy atom. The third-order valence-corrected chi connectivity index (χ3v) is 2.47. The summed E-state index contributed by atoms with van der Waals surface area (Å²) in [6.45, 7) is 0. The summed E-state index contributed by atoms with van der Waals surface area (Å²) in [5, 5.41) is 3.15. The van der Waals surface area contributed by atoms with Gasteiger partial charge >= 0.3 is 0 Å². The lowest BCUT2D eigenvalue weighted by molar-refractivity contribution is 0.374. The zero-order valence-electron chi connectivity index (χ0n) is 9.98. The van der Waals surface area contributed by atoms with E-state index < -0.39 is 0 Å². The van der Waals surface area contributed by atoms with Gasteiger partial charge in [0.25, 0.3) is 0 Å². The number of nitrogens with zero attached hydrogens (tertiary/aromatic N) is 2. The van der Waals surface area contributed by atoms with Crippen molar-refractivity contribution in [1.82, 2.24) is 9.97 Å². The molecule has 0 radical (unpaired) electrons. The smallest absolute Gasteiger partial charge is 0.243 e. The Labute approximate surface area is 110 Å². The van der Waals surface area contributed by atoms with Gasteiger partial charge in [0.05, 0.1) is 13.3 Å². The first-order valence-corrected chi connectivity index (χ1v) is 5.63. The molecule has 0 aliphatic rings. The number of rotatable bonds is 4. The topological polar surface area (TPSA) is 56.3 Å². The van der Waals surface area contributed by atoms with Crippen LogP contribution in [0.2, 0.25) is 5.02 Å². The van der Waals surface area contributed by atoms with Gasteiger partial charge in [-0.05, 0) is 12.1 Å². The Bertz CT molecular complexity index is 549. The van der Waals surface area contributed by atoms with Crippen molar-refractivity contribution in [3.63, 3.8) is 0 Å². The largest absolute Gasteiger partial charge is 0.493 e. The molecule has 0 amide bonds. The summed E-state index contributed by atoms with van der Waals surface area (Å²) in [6, 6.07) is 7.26. The summed E-state index contributed by atoms with van der Waals surface area (Å²) in [4.78, 5) is 8.11. The molecule has 1 N–H and O–H groups in total. The molecule has 0 saturated heterocycles. The van der Waals surface area contributed by atoms with Crippen LogP contribution in [0.1, 0.15) is 0 Å². The van der Waals surface area contributed by atoms with Gasteiger partial charge in [-0.15, -0.1) is 0 Å². The normalized spacial score (nSPS) is 9.94. The molecule has 1 aromatic heterocycles. The van der Waals surface area contributed by atoms with E-state index in [4.69, 9.17) is 21.1 Å². The number of halogens is 1. The summed E-state index contributed by atoms with van der Waals surface area (Å²) >= 11 is 5.98. The van der Waals surface area contributed by atoms with Crippen LogP contribution in [0.15, 0.2) is 30.5 Å². The molecule has 1 heterocycles. The van der Waals surface area contributed by atoms with Crippen LogP contribution in [0.4, 0.5) is 5.95 Å². The Morgan fingerprint density at radius 1 is 1.22 bits per heavy atom. The van der Waals surface area contributed by atoms with E-state index >= 15 is 0 Å². The van der Waals surface area contributed by atoms with Gasteiger partial charge in [0.2, 0.25) is 11.8 Å². The van der Waals surface area contributed by atoms with Crippen LogP contribution in [0.3, 0.4) is 0 Å². The molecule has 0 spiro atoms. The summed E-state index contributed by atoms with van der Waals surface area (Å²) in [7, 11) is 3.29. The highest BCUT2D eigenvalue weighted by atomic mass is 35.5. The number of hydrogen-bond acceptors (Lipinski definition) is 5. The monoisotopic (exact) mass is 265 g/mol. The molecule has 5 nitrogen and oxygen atoms in total. The predicted molar refractivity (Wildman–Crippen MR) is 69.7 cm³/mol. The van der Waals surface area contributed by atoms with Crippen LogP contribution in [-0.2, 0) is 0 Å². The predicted octanol–water partition coefficient (Wildman–Crippen LogP) is 2.97. The van der Waals surface area contributed by atoms with E-state index in [-0.39, 0.29) is 5.88 Å². The molecule has 6 heteroatoms. The molecule has 18 heavy (non-hydrogen) atoms. The summed E-state index contributed by atoms with van der Waals surface area (Å²) in [5.74, 6) is 1.87. The van der Waals surface area contributed by atoms with E-state index in [9.17, 15) is 0 Å². The van der Waals surface area contributed by atoms with Crippen molar-refractivity contribution in [3.8, 4) is 17.4 Å². The molecule has 0 fully saturated rings. The maximum atomic E-state index is 5.98. The first kappa shape index (κ1) is 12.4. The Hall–Kier alpha value is -2.01. The highest BCUT2D eigenvalue weighted by Gasteiger charge is 2.10. The lowest BCUT2D eigenvalue weighted by Gasteiger charge is -2.10. The van der Waals surface area contributed by atoms with Gasteiger partial charge in [-0.25, -0.2) is 4.98 Å². The Balaban J connectivity index is 2.33. The van der Waals surface area contributed by atoms with E-state index in [1.807, 2.05) is 12.1 Å². The number of para-hydroxylation sites is 2. The Morgan fingerprint density at radius 3 is 2.61 bits per heavy atom. The van der Waals surface area contributed by atoms with Gasteiger partial charge in [0.15, 0.2) is 11.5 Å². The summed E-state index contributed by atoms with van der Waals surface area (Å²) < 4.78 is 10.8. The minimum Gasteiger partial charge on any atom is -0.493 e. The zero-order valence-corrected chi connectivity index (χ0v) is 10.7. The molecule has 0 bridgehead atoms. The number of benzene rings is 1. The van der Waals surface area contributed by atoms with Crippen LogP contribution in [-0.4, -0.2) is 24.1 Å². The maximum absolute atomic E-state index is 5.98. The van der Waals surface area contributed by atoms with Crippen LogP contribution in [0, 0.1) is 0 Å². The van der Waals surface area contributed by atoms with Crippen molar-refractivity contribution in [1.29, 1.82) is 0 Å². The average Bonchev–Trinajstić information content (AvgIpc) is 2.42. The number of nitrogens with one attached hydrogen (secondary N) is 1. The van der Waals surface area contributed by atoms with E-state index in [0.29, 0.717) is 22.5 Å². The minimum atomic E-state index is 0.278. The van der Waals surface area contributed by atoms with E-state index in [0.717, 1.165) is 0 Å². The van der Waals surface area contributed by atoms with Crippen molar-refractivity contribution < 1.29 is 9.47 Å². The number of methoxy groups -OCH3 is 1. The molecule has 94 valence electrons. The molecule has 0 atom stereocenters. The average molecular weight is 266 g/mol. The van der Waals surface area contributed by atoms with Crippen LogP contribution in [0.5, 0.6) is 17.4 Å².